The molecule has 1 aliphatic carbocycles. The Bertz CT molecular complexity index is 1020. The molecule has 2 aromatic rings. The summed E-state index contributed by atoms with van der Waals surface area (Å²) in [6, 6.07) is 12.9. The highest BCUT2D eigenvalue weighted by atomic mass is 32.2. The summed E-state index contributed by atoms with van der Waals surface area (Å²) in [7, 11) is 0.824. The lowest BCUT2D eigenvalue weighted by Gasteiger charge is -2.30. The fraction of sp³-hybridized carbons (Fsp3) is 0.500. The summed E-state index contributed by atoms with van der Waals surface area (Å²) in [4.78, 5) is 2.43. The van der Waals surface area contributed by atoms with E-state index in [4.69, 9.17) is 4.74 Å². The first kappa shape index (κ1) is 21.3. The first-order chi connectivity index (χ1) is 14.3. The molecule has 0 radical (unpaired) electrons. The predicted octanol–water partition coefficient (Wildman–Crippen LogP) is 3.56. The van der Waals surface area contributed by atoms with Crippen LogP contribution in [0.4, 0.5) is 0 Å². The second kappa shape index (κ2) is 8.69. The van der Waals surface area contributed by atoms with Gasteiger partial charge in [-0.1, -0.05) is 30.3 Å². The van der Waals surface area contributed by atoms with Gasteiger partial charge in [0.15, 0.2) is 0 Å². The number of sulfonamides is 1. The van der Waals surface area contributed by atoms with Crippen molar-refractivity contribution in [2.45, 2.75) is 44.7 Å². The van der Waals surface area contributed by atoms with Crippen LogP contribution in [0.2, 0.25) is 0 Å². The smallest absolute Gasteiger partial charge is 0.211 e. The molecule has 0 amide bonds. The monoisotopic (exact) mass is 428 g/mol. The molecule has 1 aliphatic heterocycles. The molecule has 0 spiro atoms. The van der Waals surface area contributed by atoms with E-state index < -0.39 is 10.0 Å². The molecule has 1 atom stereocenters. The highest BCUT2D eigenvalue weighted by Crippen LogP contribution is 2.37. The molecule has 2 aromatic carbocycles. The number of rotatable bonds is 7. The Hall–Kier alpha value is -1.89. The SMILES string of the molecule is COc1cccc2c1CCC[C@H]2CN(C)CCc1ccc2c(c1)CN(S(C)(=O)=O)C2. The van der Waals surface area contributed by atoms with Crippen molar-refractivity contribution in [2.75, 3.05) is 33.5 Å². The Labute approximate surface area is 180 Å². The van der Waals surface area contributed by atoms with Gasteiger partial charge in [0.05, 0.1) is 13.4 Å². The molecule has 0 fully saturated rings. The molecule has 0 aromatic heterocycles. The predicted molar refractivity (Wildman–Crippen MR) is 120 cm³/mol. The molecule has 162 valence electrons. The lowest BCUT2D eigenvalue weighted by Crippen LogP contribution is -2.28. The van der Waals surface area contributed by atoms with Crippen LogP contribution in [0.25, 0.3) is 0 Å². The van der Waals surface area contributed by atoms with Crippen LogP contribution in [0.15, 0.2) is 36.4 Å². The minimum absolute atomic E-state index is 0.499. The first-order valence-corrected chi connectivity index (χ1v) is 12.6. The van der Waals surface area contributed by atoms with E-state index in [-0.39, 0.29) is 0 Å². The molecule has 30 heavy (non-hydrogen) atoms. The second-order valence-corrected chi connectivity index (χ2v) is 10.7. The van der Waals surface area contributed by atoms with E-state index in [0.717, 1.165) is 42.8 Å². The Morgan fingerprint density at radius 2 is 1.97 bits per heavy atom. The summed E-state index contributed by atoms with van der Waals surface area (Å²) >= 11 is 0. The van der Waals surface area contributed by atoms with Gasteiger partial charge in [0.25, 0.3) is 0 Å². The van der Waals surface area contributed by atoms with Crippen molar-refractivity contribution >= 4 is 10.0 Å². The van der Waals surface area contributed by atoms with E-state index in [0.29, 0.717) is 19.0 Å². The third kappa shape index (κ3) is 4.56. The average Bonchev–Trinajstić information content (AvgIpc) is 3.16. The van der Waals surface area contributed by atoms with Gasteiger partial charge in [0.2, 0.25) is 10.0 Å². The molecule has 2 aliphatic rings. The van der Waals surface area contributed by atoms with Crippen LogP contribution in [0.3, 0.4) is 0 Å². The fourth-order valence-electron chi connectivity index (χ4n) is 4.89. The van der Waals surface area contributed by atoms with Gasteiger partial charge in [0, 0.05) is 26.2 Å². The molecule has 5 nitrogen and oxygen atoms in total. The summed E-state index contributed by atoms with van der Waals surface area (Å²) < 4.78 is 30.8. The number of benzene rings is 2. The number of fused-ring (bicyclic) bond motifs is 2. The Kier molecular flexibility index (Phi) is 6.19. The third-order valence-electron chi connectivity index (χ3n) is 6.56. The van der Waals surface area contributed by atoms with Gasteiger partial charge in [-0.2, -0.15) is 4.31 Å². The van der Waals surface area contributed by atoms with Gasteiger partial charge in [-0.3, -0.25) is 0 Å². The fourth-order valence-corrected chi connectivity index (χ4v) is 5.64. The zero-order valence-corrected chi connectivity index (χ0v) is 19.0. The zero-order chi connectivity index (χ0) is 21.3. The van der Waals surface area contributed by atoms with Crippen LogP contribution in [0.1, 0.15) is 46.6 Å². The minimum Gasteiger partial charge on any atom is -0.496 e. The Morgan fingerprint density at radius 1 is 1.17 bits per heavy atom. The van der Waals surface area contributed by atoms with E-state index in [1.165, 1.54) is 35.8 Å². The van der Waals surface area contributed by atoms with Crippen molar-refractivity contribution in [2.24, 2.45) is 0 Å². The number of hydrogen-bond acceptors (Lipinski definition) is 4. The van der Waals surface area contributed by atoms with Crippen LogP contribution in [0.5, 0.6) is 5.75 Å². The number of methoxy groups -OCH3 is 1. The molecule has 0 saturated heterocycles. The summed E-state index contributed by atoms with van der Waals surface area (Å²) in [6.07, 6.45) is 5.81. The standard InChI is InChI=1S/C24H32N2O3S/c1-25(15-20-6-4-8-23-22(20)7-5-9-24(23)29-2)13-12-18-10-11-19-16-26(30(3,27)28)17-21(19)14-18/h5,7,9-11,14,20H,4,6,8,12-13,15-17H2,1-3H3/t20-/m0/s1. The van der Waals surface area contributed by atoms with Crippen molar-refractivity contribution in [3.8, 4) is 5.75 Å². The van der Waals surface area contributed by atoms with Crippen molar-refractivity contribution in [3.63, 3.8) is 0 Å². The summed E-state index contributed by atoms with van der Waals surface area (Å²) in [5.41, 5.74) is 6.39. The van der Waals surface area contributed by atoms with E-state index in [1.807, 2.05) is 0 Å². The van der Waals surface area contributed by atoms with Crippen molar-refractivity contribution < 1.29 is 13.2 Å². The van der Waals surface area contributed by atoms with Gasteiger partial charge in [-0.25, -0.2) is 8.42 Å². The maximum atomic E-state index is 11.8. The Balaban J connectivity index is 1.37. The molecule has 0 saturated carbocycles. The molecule has 1 heterocycles. The Morgan fingerprint density at radius 3 is 2.73 bits per heavy atom. The topological polar surface area (TPSA) is 49.9 Å². The van der Waals surface area contributed by atoms with Gasteiger partial charge < -0.3 is 9.64 Å². The molecular formula is C24H32N2O3S. The summed E-state index contributed by atoms with van der Waals surface area (Å²) in [6.45, 7) is 3.04. The minimum atomic E-state index is -3.14. The van der Waals surface area contributed by atoms with E-state index in [1.54, 1.807) is 11.4 Å². The van der Waals surface area contributed by atoms with E-state index >= 15 is 0 Å². The van der Waals surface area contributed by atoms with Crippen LogP contribution in [-0.4, -0.2) is 51.1 Å². The van der Waals surface area contributed by atoms with Gasteiger partial charge in [-0.15, -0.1) is 0 Å². The van der Waals surface area contributed by atoms with Crippen molar-refractivity contribution in [1.82, 2.24) is 9.21 Å². The maximum Gasteiger partial charge on any atom is 0.211 e. The average molecular weight is 429 g/mol. The van der Waals surface area contributed by atoms with Crippen LogP contribution in [-0.2, 0) is 36.0 Å². The van der Waals surface area contributed by atoms with Gasteiger partial charge >= 0.3 is 0 Å². The number of likely N-dealkylation sites (N-methyl/N-ethyl adjacent to an activating group) is 1. The lowest BCUT2D eigenvalue weighted by molar-refractivity contribution is 0.299. The van der Waals surface area contributed by atoms with E-state index in [2.05, 4.69) is 48.3 Å². The van der Waals surface area contributed by atoms with Gasteiger partial charge in [-0.05, 0) is 72.5 Å². The quantitative estimate of drug-likeness (QED) is 0.677. The summed E-state index contributed by atoms with van der Waals surface area (Å²) in [5.74, 6) is 1.58. The lowest BCUT2D eigenvalue weighted by atomic mass is 9.82. The normalized spacial score (nSPS) is 19.0. The number of hydrogen-bond donors (Lipinski definition) is 0. The third-order valence-corrected chi connectivity index (χ3v) is 7.75. The summed E-state index contributed by atoms with van der Waals surface area (Å²) in [5, 5.41) is 0. The largest absolute Gasteiger partial charge is 0.496 e. The van der Waals surface area contributed by atoms with Gasteiger partial charge in [0.1, 0.15) is 5.75 Å². The number of nitrogens with zero attached hydrogens (tertiary/aromatic N) is 2. The van der Waals surface area contributed by atoms with Crippen molar-refractivity contribution in [1.29, 1.82) is 0 Å². The molecule has 6 heteroatoms. The van der Waals surface area contributed by atoms with Crippen LogP contribution < -0.4 is 4.74 Å². The second-order valence-electron chi connectivity index (χ2n) is 8.76. The highest BCUT2D eigenvalue weighted by molar-refractivity contribution is 7.88. The maximum absolute atomic E-state index is 11.8. The molecule has 0 bridgehead atoms. The van der Waals surface area contributed by atoms with Crippen molar-refractivity contribution in [3.05, 3.63) is 64.2 Å². The van der Waals surface area contributed by atoms with Crippen LogP contribution in [0, 0.1) is 0 Å². The molecule has 0 unspecified atom stereocenters. The zero-order valence-electron chi connectivity index (χ0n) is 18.2. The molecule has 4 rings (SSSR count). The van der Waals surface area contributed by atoms with Crippen LogP contribution >= 0.6 is 0 Å². The highest BCUT2D eigenvalue weighted by Gasteiger charge is 2.26. The first-order valence-electron chi connectivity index (χ1n) is 10.8. The molecular weight excluding hydrogens is 396 g/mol. The number of ether oxygens (including phenoxy) is 1. The van der Waals surface area contributed by atoms with E-state index in [9.17, 15) is 8.42 Å². The molecule has 0 N–H and O–H groups in total.